The van der Waals surface area contributed by atoms with Crippen LogP contribution in [0.3, 0.4) is 0 Å². The summed E-state index contributed by atoms with van der Waals surface area (Å²) in [5, 5.41) is 4.22. The molecule has 0 spiro atoms. The number of ether oxygens (including phenoxy) is 1. The van der Waals surface area contributed by atoms with Gasteiger partial charge < -0.3 is 15.0 Å². The van der Waals surface area contributed by atoms with Crippen LogP contribution in [0.25, 0.3) is 0 Å². The van der Waals surface area contributed by atoms with Gasteiger partial charge in [-0.15, -0.1) is 0 Å². The summed E-state index contributed by atoms with van der Waals surface area (Å²) in [5.74, 6) is 2.48. The highest BCUT2D eigenvalue weighted by Crippen LogP contribution is 2.26. The molecule has 0 unspecified atom stereocenters. The van der Waals surface area contributed by atoms with E-state index in [1.165, 1.54) is 29.2 Å². The predicted octanol–water partition coefficient (Wildman–Crippen LogP) is 3.02. The summed E-state index contributed by atoms with van der Waals surface area (Å²) in [6.45, 7) is 4.69. The van der Waals surface area contributed by atoms with Crippen LogP contribution in [-0.4, -0.2) is 44.9 Å². The lowest BCUT2D eigenvalue weighted by Gasteiger charge is -2.25. The van der Waals surface area contributed by atoms with Crippen molar-refractivity contribution in [3.63, 3.8) is 0 Å². The molecule has 1 aromatic rings. The molecule has 20 heavy (non-hydrogen) atoms. The highest BCUT2D eigenvalue weighted by atomic mass is 35.5. The lowest BCUT2D eigenvalue weighted by molar-refractivity contribution is 0.199. The zero-order chi connectivity index (χ0) is 14.2. The summed E-state index contributed by atoms with van der Waals surface area (Å²) >= 11 is 8.20. The average Bonchev–Trinajstić information content (AvgIpc) is 2.73. The van der Waals surface area contributed by atoms with E-state index in [1.54, 1.807) is 7.11 Å². The maximum atomic E-state index is 6.15. The van der Waals surface area contributed by atoms with Gasteiger partial charge in [-0.3, -0.25) is 0 Å². The number of nitrogens with one attached hydrogen (secondary N) is 1. The third-order valence-corrected chi connectivity index (χ3v) is 4.69. The van der Waals surface area contributed by atoms with Crippen LogP contribution < -0.4 is 10.2 Å². The van der Waals surface area contributed by atoms with Crippen molar-refractivity contribution in [2.45, 2.75) is 13.0 Å². The first-order valence-corrected chi connectivity index (χ1v) is 8.65. The first kappa shape index (κ1) is 16.0. The summed E-state index contributed by atoms with van der Waals surface area (Å²) in [4.78, 5) is 2.49. The molecule has 0 bridgehead atoms. The van der Waals surface area contributed by atoms with E-state index in [0.29, 0.717) is 0 Å². The van der Waals surface area contributed by atoms with Crippen LogP contribution >= 0.6 is 23.4 Å². The zero-order valence-electron chi connectivity index (χ0n) is 12.0. The molecule has 0 aromatic heterocycles. The fourth-order valence-corrected chi connectivity index (χ4v) is 3.47. The van der Waals surface area contributed by atoms with Crippen molar-refractivity contribution in [3.05, 3.63) is 28.8 Å². The molecule has 2 rings (SSSR count). The van der Waals surface area contributed by atoms with Crippen molar-refractivity contribution in [1.29, 1.82) is 0 Å². The maximum Gasteiger partial charge on any atom is 0.0587 e. The van der Waals surface area contributed by atoms with Gasteiger partial charge in [0, 0.05) is 49.8 Å². The van der Waals surface area contributed by atoms with Crippen LogP contribution in [0.4, 0.5) is 5.69 Å². The van der Waals surface area contributed by atoms with Gasteiger partial charge in [-0.2, -0.15) is 11.8 Å². The van der Waals surface area contributed by atoms with Crippen LogP contribution in [0, 0.1) is 0 Å². The summed E-state index contributed by atoms with van der Waals surface area (Å²) in [7, 11) is 1.72. The Labute approximate surface area is 131 Å². The van der Waals surface area contributed by atoms with Gasteiger partial charge in [0.15, 0.2) is 0 Å². The van der Waals surface area contributed by atoms with Crippen molar-refractivity contribution in [3.8, 4) is 0 Å². The number of thioether (sulfide) groups is 1. The summed E-state index contributed by atoms with van der Waals surface area (Å²) in [6.07, 6.45) is 1.25. The minimum Gasteiger partial charge on any atom is -0.383 e. The highest BCUT2D eigenvalue weighted by molar-refractivity contribution is 7.99. The average molecular weight is 315 g/mol. The van der Waals surface area contributed by atoms with E-state index < -0.39 is 0 Å². The van der Waals surface area contributed by atoms with Gasteiger partial charge in [-0.1, -0.05) is 11.6 Å². The maximum absolute atomic E-state index is 6.15. The molecule has 0 amide bonds. The molecule has 5 heteroatoms. The lowest BCUT2D eigenvalue weighted by Crippen LogP contribution is -2.28. The van der Waals surface area contributed by atoms with Gasteiger partial charge in [-0.05, 0) is 35.9 Å². The number of nitrogens with zero attached hydrogens (tertiary/aromatic N) is 1. The Bertz CT molecular complexity index is 409. The van der Waals surface area contributed by atoms with Crippen molar-refractivity contribution < 1.29 is 4.74 Å². The third kappa shape index (κ3) is 4.85. The molecule has 1 aliphatic rings. The summed E-state index contributed by atoms with van der Waals surface area (Å²) in [5.41, 5.74) is 2.60. The quantitative estimate of drug-likeness (QED) is 0.816. The first-order valence-electron chi connectivity index (χ1n) is 7.12. The standard InChI is InChI=1S/C15H23ClN2OS/c1-19-8-5-17-12-13-11-14(16)3-4-15(13)18-6-2-9-20-10-7-18/h3-4,11,17H,2,5-10,12H2,1H3. The number of hydrogen-bond acceptors (Lipinski definition) is 4. The smallest absolute Gasteiger partial charge is 0.0587 e. The molecule has 1 heterocycles. The third-order valence-electron chi connectivity index (χ3n) is 3.40. The van der Waals surface area contributed by atoms with Gasteiger partial charge in [0.2, 0.25) is 0 Å². The van der Waals surface area contributed by atoms with E-state index in [0.717, 1.165) is 37.8 Å². The lowest BCUT2D eigenvalue weighted by atomic mass is 10.1. The van der Waals surface area contributed by atoms with E-state index in [-0.39, 0.29) is 0 Å². The molecule has 0 atom stereocenters. The molecule has 0 saturated carbocycles. The number of anilines is 1. The second-order valence-corrected chi connectivity index (χ2v) is 6.56. The molecule has 112 valence electrons. The highest BCUT2D eigenvalue weighted by Gasteiger charge is 2.13. The Hall–Kier alpha value is -0.420. The first-order chi connectivity index (χ1) is 9.81. The number of hydrogen-bond donors (Lipinski definition) is 1. The van der Waals surface area contributed by atoms with Crippen LogP contribution in [-0.2, 0) is 11.3 Å². The van der Waals surface area contributed by atoms with Crippen molar-refractivity contribution in [1.82, 2.24) is 5.32 Å². The second kappa shape index (κ2) is 8.78. The molecule has 3 nitrogen and oxygen atoms in total. The molecule has 0 radical (unpaired) electrons. The number of rotatable bonds is 6. The van der Waals surface area contributed by atoms with Gasteiger partial charge >= 0.3 is 0 Å². The van der Waals surface area contributed by atoms with Crippen molar-refractivity contribution in [2.24, 2.45) is 0 Å². The number of halogens is 1. The monoisotopic (exact) mass is 314 g/mol. The predicted molar refractivity (Wildman–Crippen MR) is 89.2 cm³/mol. The van der Waals surface area contributed by atoms with Crippen LogP contribution in [0.15, 0.2) is 18.2 Å². The topological polar surface area (TPSA) is 24.5 Å². The summed E-state index contributed by atoms with van der Waals surface area (Å²) in [6, 6.07) is 6.23. The van der Waals surface area contributed by atoms with E-state index in [4.69, 9.17) is 16.3 Å². The Balaban J connectivity index is 2.05. The van der Waals surface area contributed by atoms with Crippen LogP contribution in [0.1, 0.15) is 12.0 Å². The SMILES string of the molecule is COCCNCc1cc(Cl)ccc1N1CCCSCC1. The largest absolute Gasteiger partial charge is 0.383 e. The fourth-order valence-electron chi connectivity index (χ4n) is 2.39. The van der Waals surface area contributed by atoms with E-state index >= 15 is 0 Å². The Morgan fingerprint density at radius 3 is 3.10 bits per heavy atom. The van der Waals surface area contributed by atoms with Crippen LogP contribution in [0.2, 0.25) is 5.02 Å². The zero-order valence-corrected chi connectivity index (χ0v) is 13.6. The fraction of sp³-hybridized carbons (Fsp3) is 0.600. The molecular weight excluding hydrogens is 292 g/mol. The Kier molecular flexibility index (Phi) is 7.00. The van der Waals surface area contributed by atoms with Crippen molar-refractivity contribution >= 4 is 29.1 Å². The summed E-state index contributed by atoms with van der Waals surface area (Å²) < 4.78 is 5.06. The normalized spacial score (nSPS) is 16.2. The second-order valence-electron chi connectivity index (χ2n) is 4.90. The van der Waals surface area contributed by atoms with E-state index in [9.17, 15) is 0 Å². The van der Waals surface area contributed by atoms with Gasteiger partial charge in [0.1, 0.15) is 0 Å². The van der Waals surface area contributed by atoms with Gasteiger partial charge in [0.25, 0.3) is 0 Å². The number of benzene rings is 1. The van der Waals surface area contributed by atoms with Gasteiger partial charge in [0.05, 0.1) is 6.61 Å². The Morgan fingerprint density at radius 1 is 1.35 bits per heavy atom. The molecule has 1 fully saturated rings. The number of methoxy groups -OCH3 is 1. The molecule has 0 aliphatic carbocycles. The molecule has 1 aliphatic heterocycles. The Morgan fingerprint density at radius 2 is 2.25 bits per heavy atom. The molecular formula is C15H23ClN2OS. The van der Waals surface area contributed by atoms with E-state index in [2.05, 4.69) is 22.3 Å². The minimum atomic E-state index is 0.732. The molecule has 1 N–H and O–H groups in total. The van der Waals surface area contributed by atoms with Crippen LogP contribution in [0.5, 0.6) is 0 Å². The van der Waals surface area contributed by atoms with Crippen molar-refractivity contribution in [2.75, 3.05) is 49.8 Å². The molecule has 1 saturated heterocycles. The molecule has 1 aromatic carbocycles. The van der Waals surface area contributed by atoms with E-state index in [1.807, 2.05) is 17.8 Å². The van der Waals surface area contributed by atoms with Gasteiger partial charge in [-0.25, -0.2) is 0 Å². The minimum absolute atomic E-state index is 0.732.